The highest BCUT2D eigenvalue weighted by molar-refractivity contribution is 7.17. The molecule has 1 aliphatic rings. The molecule has 6 heteroatoms. The summed E-state index contributed by atoms with van der Waals surface area (Å²) in [5.74, 6) is 0.611. The average Bonchev–Trinajstić information content (AvgIpc) is 2.97. The van der Waals surface area contributed by atoms with Crippen LogP contribution in [0.3, 0.4) is 0 Å². The molecule has 0 radical (unpaired) electrons. The van der Waals surface area contributed by atoms with E-state index in [1.807, 2.05) is 30.0 Å². The monoisotopic (exact) mass is 336 g/mol. The molecular formula is C18H16N4OS. The van der Waals surface area contributed by atoms with E-state index in [0.717, 1.165) is 18.7 Å². The van der Waals surface area contributed by atoms with Gasteiger partial charge in [0.2, 0.25) is 0 Å². The van der Waals surface area contributed by atoms with Crippen molar-refractivity contribution in [2.45, 2.75) is 19.4 Å². The standard InChI is InChI=1S/C18H16N4OS/c1-12-15(24-17(21-12)16-19-9-5-10-20-16)18(23)22-11-8-14(22)13-6-3-2-4-7-13/h2-7,9-10,14H,8,11H2,1H3/t14-/m0/s1. The number of nitrogens with zero attached hydrogens (tertiary/aromatic N) is 4. The minimum atomic E-state index is 0.0484. The van der Waals surface area contributed by atoms with E-state index in [1.165, 1.54) is 16.9 Å². The van der Waals surface area contributed by atoms with Gasteiger partial charge in [-0.25, -0.2) is 15.0 Å². The first-order valence-corrected chi connectivity index (χ1v) is 8.66. The zero-order chi connectivity index (χ0) is 16.5. The van der Waals surface area contributed by atoms with Crippen molar-refractivity contribution < 1.29 is 4.79 Å². The van der Waals surface area contributed by atoms with E-state index in [9.17, 15) is 4.79 Å². The van der Waals surface area contributed by atoms with Crippen molar-refractivity contribution >= 4 is 17.2 Å². The summed E-state index contributed by atoms with van der Waals surface area (Å²) in [5, 5.41) is 0.688. The summed E-state index contributed by atoms with van der Waals surface area (Å²) in [5.41, 5.74) is 1.93. The summed E-state index contributed by atoms with van der Waals surface area (Å²) in [4.78, 5) is 28.5. The predicted molar refractivity (Wildman–Crippen MR) is 92.7 cm³/mol. The van der Waals surface area contributed by atoms with Crippen LogP contribution in [0.25, 0.3) is 10.8 Å². The molecule has 0 bridgehead atoms. The van der Waals surface area contributed by atoms with E-state index >= 15 is 0 Å². The number of hydrogen-bond acceptors (Lipinski definition) is 5. The Kier molecular flexibility index (Phi) is 3.82. The molecule has 24 heavy (non-hydrogen) atoms. The molecule has 120 valence electrons. The van der Waals surface area contributed by atoms with E-state index in [1.54, 1.807) is 18.5 Å². The predicted octanol–water partition coefficient (Wildman–Crippen LogP) is 3.50. The van der Waals surface area contributed by atoms with Crippen molar-refractivity contribution in [2.75, 3.05) is 6.54 Å². The summed E-state index contributed by atoms with van der Waals surface area (Å²) in [6.07, 6.45) is 4.37. The maximum absolute atomic E-state index is 12.9. The lowest BCUT2D eigenvalue weighted by atomic mass is 9.94. The highest BCUT2D eigenvalue weighted by atomic mass is 32.1. The van der Waals surface area contributed by atoms with Crippen molar-refractivity contribution in [1.29, 1.82) is 0 Å². The smallest absolute Gasteiger partial charge is 0.266 e. The number of rotatable bonds is 3. The molecule has 0 saturated carbocycles. The molecule has 3 aromatic rings. The van der Waals surface area contributed by atoms with Crippen LogP contribution in [0.1, 0.15) is 33.4 Å². The molecule has 0 spiro atoms. The molecule has 0 N–H and O–H groups in total. The van der Waals surface area contributed by atoms with Gasteiger partial charge in [0.1, 0.15) is 4.88 Å². The first-order chi connectivity index (χ1) is 11.7. The van der Waals surface area contributed by atoms with E-state index in [-0.39, 0.29) is 11.9 Å². The van der Waals surface area contributed by atoms with Gasteiger partial charge in [-0.3, -0.25) is 4.79 Å². The van der Waals surface area contributed by atoms with Gasteiger partial charge in [-0.15, -0.1) is 11.3 Å². The second-order valence-corrected chi connectivity index (χ2v) is 6.72. The number of aryl methyl sites for hydroxylation is 1. The molecule has 4 rings (SSSR count). The molecule has 5 nitrogen and oxygen atoms in total. The maximum atomic E-state index is 12.9. The van der Waals surface area contributed by atoms with Gasteiger partial charge in [0.05, 0.1) is 11.7 Å². The number of benzene rings is 1. The zero-order valence-electron chi connectivity index (χ0n) is 13.2. The Bertz CT molecular complexity index is 863. The number of thiazole rings is 1. The lowest BCUT2D eigenvalue weighted by molar-refractivity contribution is 0.0464. The quantitative estimate of drug-likeness (QED) is 0.734. The van der Waals surface area contributed by atoms with Gasteiger partial charge in [0.15, 0.2) is 10.8 Å². The molecule has 1 amide bonds. The Hall–Kier alpha value is -2.60. The average molecular weight is 336 g/mol. The zero-order valence-corrected chi connectivity index (χ0v) is 14.0. The molecule has 3 heterocycles. The first-order valence-electron chi connectivity index (χ1n) is 7.85. The summed E-state index contributed by atoms with van der Waals surface area (Å²) >= 11 is 1.37. The van der Waals surface area contributed by atoms with Crippen molar-refractivity contribution in [3.8, 4) is 10.8 Å². The van der Waals surface area contributed by atoms with Crippen molar-refractivity contribution in [3.63, 3.8) is 0 Å². The number of carbonyl (C=O) groups is 1. The summed E-state index contributed by atoms with van der Waals surface area (Å²) in [6, 6.07) is 12.1. The molecule has 1 saturated heterocycles. The number of amides is 1. The van der Waals surface area contributed by atoms with Gasteiger partial charge in [-0.2, -0.15) is 0 Å². The van der Waals surface area contributed by atoms with Crippen LogP contribution in [0.15, 0.2) is 48.8 Å². The van der Waals surface area contributed by atoms with Gasteiger partial charge in [0.25, 0.3) is 5.91 Å². The lowest BCUT2D eigenvalue weighted by Gasteiger charge is -2.41. The molecule has 1 fully saturated rings. The van der Waals surface area contributed by atoms with E-state index < -0.39 is 0 Å². The van der Waals surface area contributed by atoms with Crippen molar-refractivity contribution in [1.82, 2.24) is 19.9 Å². The fourth-order valence-corrected chi connectivity index (χ4v) is 3.85. The van der Waals surface area contributed by atoms with Crippen LogP contribution in [-0.2, 0) is 0 Å². The summed E-state index contributed by atoms with van der Waals surface area (Å²) < 4.78 is 0. The van der Waals surface area contributed by atoms with Crippen LogP contribution in [0.2, 0.25) is 0 Å². The number of carbonyl (C=O) groups excluding carboxylic acids is 1. The Morgan fingerprint density at radius 2 is 1.92 bits per heavy atom. The Labute approximate surface area is 144 Å². The minimum Gasteiger partial charge on any atom is -0.331 e. The van der Waals surface area contributed by atoms with Crippen LogP contribution in [-0.4, -0.2) is 32.3 Å². The van der Waals surface area contributed by atoms with Gasteiger partial charge in [0, 0.05) is 18.9 Å². The van der Waals surface area contributed by atoms with Crippen LogP contribution >= 0.6 is 11.3 Å². The highest BCUT2D eigenvalue weighted by Crippen LogP contribution is 2.36. The first kappa shape index (κ1) is 15.0. The Morgan fingerprint density at radius 1 is 1.17 bits per heavy atom. The topological polar surface area (TPSA) is 59.0 Å². The normalized spacial score (nSPS) is 16.7. The third-order valence-electron chi connectivity index (χ3n) is 4.21. The van der Waals surface area contributed by atoms with Gasteiger partial charge < -0.3 is 4.90 Å². The van der Waals surface area contributed by atoms with Gasteiger partial charge in [-0.1, -0.05) is 30.3 Å². The second kappa shape index (κ2) is 6.13. The van der Waals surface area contributed by atoms with E-state index in [0.29, 0.717) is 15.7 Å². The third-order valence-corrected chi connectivity index (χ3v) is 5.35. The Morgan fingerprint density at radius 3 is 2.58 bits per heavy atom. The highest BCUT2D eigenvalue weighted by Gasteiger charge is 2.35. The molecule has 1 aliphatic heterocycles. The number of aromatic nitrogens is 3. The van der Waals surface area contributed by atoms with Crippen molar-refractivity contribution in [2.24, 2.45) is 0 Å². The molecule has 1 aromatic carbocycles. The van der Waals surface area contributed by atoms with Gasteiger partial charge in [-0.05, 0) is 25.0 Å². The molecular weight excluding hydrogens is 320 g/mol. The van der Waals surface area contributed by atoms with E-state index in [4.69, 9.17) is 0 Å². The third kappa shape index (κ3) is 2.59. The fraction of sp³-hybridized carbons (Fsp3) is 0.222. The van der Waals surface area contributed by atoms with Crippen molar-refractivity contribution in [3.05, 3.63) is 64.9 Å². The van der Waals surface area contributed by atoms with Crippen LogP contribution < -0.4 is 0 Å². The number of likely N-dealkylation sites (tertiary alicyclic amines) is 1. The summed E-state index contributed by atoms with van der Waals surface area (Å²) in [7, 11) is 0. The SMILES string of the molecule is Cc1nc(-c2ncccn2)sc1C(=O)N1CC[C@H]1c1ccccc1. The minimum absolute atomic E-state index is 0.0484. The molecule has 1 atom stereocenters. The van der Waals surface area contributed by atoms with E-state index in [2.05, 4.69) is 27.1 Å². The Balaban J connectivity index is 1.60. The largest absolute Gasteiger partial charge is 0.331 e. The molecule has 0 unspecified atom stereocenters. The number of hydrogen-bond donors (Lipinski definition) is 0. The fourth-order valence-electron chi connectivity index (χ4n) is 2.88. The van der Waals surface area contributed by atoms with Crippen LogP contribution in [0, 0.1) is 6.92 Å². The summed E-state index contributed by atoms with van der Waals surface area (Å²) in [6.45, 7) is 2.65. The van der Waals surface area contributed by atoms with Crippen LogP contribution in [0.4, 0.5) is 0 Å². The molecule has 0 aliphatic carbocycles. The molecule has 2 aromatic heterocycles. The van der Waals surface area contributed by atoms with Gasteiger partial charge >= 0.3 is 0 Å². The van der Waals surface area contributed by atoms with Crippen LogP contribution in [0.5, 0.6) is 0 Å². The lowest BCUT2D eigenvalue weighted by Crippen LogP contribution is -2.45. The maximum Gasteiger partial charge on any atom is 0.266 e. The second-order valence-electron chi connectivity index (χ2n) is 5.72.